The van der Waals surface area contributed by atoms with E-state index < -0.39 is 43.4 Å². The van der Waals surface area contributed by atoms with Gasteiger partial charge in [0.15, 0.2) is 9.04 Å². The van der Waals surface area contributed by atoms with Gasteiger partial charge in [0.1, 0.15) is 5.75 Å². The fraction of sp³-hybridized carbons (Fsp3) is 0.600. The molecule has 29 heavy (non-hydrogen) atoms. The summed E-state index contributed by atoms with van der Waals surface area (Å²) in [7, 11) is -1.46. The molecule has 4 atom stereocenters. The number of non-ortho nitro benzene ring substituents is 1. The van der Waals surface area contributed by atoms with Crippen molar-refractivity contribution < 1.29 is 23.7 Å². The third kappa shape index (κ3) is 4.67. The Morgan fingerprint density at radius 1 is 1.21 bits per heavy atom. The van der Waals surface area contributed by atoms with Gasteiger partial charge in [-0.25, -0.2) is 0 Å². The van der Waals surface area contributed by atoms with Crippen LogP contribution in [-0.4, -0.2) is 37.5 Å². The summed E-state index contributed by atoms with van der Waals surface area (Å²) in [6.45, 7) is 13.9. The topological polar surface area (TPSA) is 108 Å². The summed E-state index contributed by atoms with van der Waals surface area (Å²) < 4.78 is 11.7. The molecule has 9 heteroatoms. The Morgan fingerprint density at radius 3 is 2.17 bits per heavy atom. The monoisotopic (exact) mass is 422 g/mol. The number of carbonyl (C=O) groups is 2. The summed E-state index contributed by atoms with van der Waals surface area (Å²) in [5, 5.41) is 13.6. The van der Waals surface area contributed by atoms with Crippen molar-refractivity contribution in [3.8, 4) is 5.75 Å². The van der Waals surface area contributed by atoms with E-state index in [1.165, 1.54) is 24.3 Å². The van der Waals surface area contributed by atoms with E-state index in [4.69, 9.17) is 9.16 Å². The molecule has 0 bridgehead atoms. The molecular formula is C20H30N2O6Si. The van der Waals surface area contributed by atoms with Crippen LogP contribution in [0.25, 0.3) is 0 Å². The maximum absolute atomic E-state index is 12.7. The van der Waals surface area contributed by atoms with Crippen LogP contribution in [0.15, 0.2) is 24.3 Å². The van der Waals surface area contributed by atoms with Crippen molar-refractivity contribution in [2.75, 3.05) is 0 Å². The van der Waals surface area contributed by atoms with Crippen LogP contribution < -0.4 is 10.1 Å². The zero-order chi connectivity index (χ0) is 22.1. The molecule has 1 heterocycles. The van der Waals surface area contributed by atoms with Gasteiger partial charge in [0.2, 0.25) is 5.91 Å². The molecule has 0 radical (unpaired) electrons. The van der Waals surface area contributed by atoms with Crippen molar-refractivity contribution in [1.82, 2.24) is 5.32 Å². The largest absolute Gasteiger partial charge is 0.426 e. The van der Waals surface area contributed by atoms with E-state index in [1.807, 2.05) is 27.7 Å². The number of ether oxygens (including phenoxy) is 1. The molecule has 0 spiro atoms. The number of carbonyl (C=O) groups excluding carboxylic acids is 2. The first-order valence-electron chi connectivity index (χ1n) is 9.72. The van der Waals surface area contributed by atoms with Crippen LogP contribution >= 0.6 is 0 Å². The lowest BCUT2D eigenvalue weighted by molar-refractivity contribution is -0.384. The number of benzene rings is 1. The van der Waals surface area contributed by atoms with Gasteiger partial charge in [0, 0.05) is 12.1 Å². The fourth-order valence-corrected chi connectivity index (χ4v) is 5.09. The second kappa shape index (κ2) is 8.23. The average Bonchev–Trinajstić information content (AvgIpc) is 2.57. The number of esters is 1. The van der Waals surface area contributed by atoms with Gasteiger partial charge >= 0.3 is 5.97 Å². The fourth-order valence-electron chi connectivity index (χ4n) is 3.61. The zero-order valence-electron chi connectivity index (χ0n) is 18.0. The first kappa shape index (κ1) is 23.0. The number of nitro groups is 1. The number of β-lactam (4-membered cyclic amide) rings is 1. The minimum atomic E-state index is -1.46. The van der Waals surface area contributed by atoms with Gasteiger partial charge in [0.05, 0.1) is 28.4 Å². The highest BCUT2D eigenvalue weighted by molar-refractivity contribution is 6.48. The molecule has 1 N–H and O–H groups in total. The van der Waals surface area contributed by atoms with E-state index in [2.05, 4.69) is 18.4 Å². The van der Waals surface area contributed by atoms with Crippen molar-refractivity contribution >= 4 is 26.6 Å². The average molecular weight is 423 g/mol. The lowest BCUT2D eigenvalue weighted by Gasteiger charge is -2.55. The minimum absolute atomic E-state index is 0.0832. The van der Waals surface area contributed by atoms with Gasteiger partial charge < -0.3 is 14.5 Å². The summed E-state index contributed by atoms with van der Waals surface area (Å²) in [6.07, 6.45) is 0. The number of rotatable bonds is 7. The van der Waals surface area contributed by atoms with Gasteiger partial charge in [-0.15, -0.1) is 0 Å². The number of nitro benzene ring substituents is 1. The lowest BCUT2D eigenvalue weighted by atomic mass is 9.62. The predicted molar refractivity (Wildman–Crippen MR) is 111 cm³/mol. The van der Waals surface area contributed by atoms with Crippen molar-refractivity contribution in [1.29, 1.82) is 0 Å². The van der Waals surface area contributed by atoms with Crippen molar-refractivity contribution in [2.45, 2.75) is 59.4 Å². The van der Waals surface area contributed by atoms with Crippen molar-refractivity contribution in [2.24, 2.45) is 17.3 Å². The van der Waals surface area contributed by atoms with Gasteiger partial charge in [-0.2, -0.15) is 0 Å². The molecule has 2 rings (SSSR count). The Balaban J connectivity index is 2.18. The highest BCUT2D eigenvalue weighted by Crippen LogP contribution is 2.46. The smallest absolute Gasteiger partial charge is 0.316 e. The van der Waals surface area contributed by atoms with Crippen LogP contribution in [-0.2, 0) is 14.0 Å². The Morgan fingerprint density at radius 2 is 1.76 bits per heavy atom. The van der Waals surface area contributed by atoms with E-state index in [1.54, 1.807) is 6.92 Å². The first-order valence-corrected chi connectivity index (χ1v) is 12.5. The third-order valence-corrected chi connectivity index (χ3v) is 6.65. The summed E-state index contributed by atoms with van der Waals surface area (Å²) in [4.78, 5) is 35.4. The van der Waals surface area contributed by atoms with E-state index in [0.717, 1.165) is 0 Å². The van der Waals surface area contributed by atoms with Gasteiger partial charge in [0.25, 0.3) is 5.69 Å². The molecule has 1 aromatic rings. The molecule has 8 nitrogen and oxygen atoms in total. The van der Waals surface area contributed by atoms with E-state index in [0.29, 0.717) is 0 Å². The van der Waals surface area contributed by atoms with Crippen molar-refractivity contribution in [3.05, 3.63) is 34.4 Å². The predicted octanol–water partition coefficient (Wildman–Crippen LogP) is 3.06. The maximum atomic E-state index is 12.7. The molecule has 1 saturated heterocycles. The lowest BCUT2D eigenvalue weighted by Crippen LogP contribution is -2.72. The summed E-state index contributed by atoms with van der Waals surface area (Å²) in [6, 6.07) is 4.90. The van der Waals surface area contributed by atoms with Crippen molar-refractivity contribution in [3.63, 3.8) is 0 Å². The zero-order valence-corrected chi connectivity index (χ0v) is 19.2. The van der Waals surface area contributed by atoms with Gasteiger partial charge in [-0.05, 0) is 44.5 Å². The Bertz CT molecular complexity index is 789. The minimum Gasteiger partial charge on any atom is -0.426 e. The first-order chi connectivity index (χ1) is 13.3. The SMILES string of the molecule is C[C@@H](C(=O)Oc1ccc([N+](=O)[O-])cc1)[C@H]1NC(=O)[C@@H]1[C@@](C)(O[SiH](C)C)C(C)(C)C. The molecule has 1 aliphatic rings. The Kier molecular flexibility index (Phi) is 6.54. The normalized spacial score (nSPS) is 22.3. The molecule has 1 amide bonds. The van der Waals surface area contributed by atoms with Crippen LogP contribution in [0.5, 0.6) is 5.75 Å². The second-order valence-corrected chi connectivity index (χ2v) is 11.3. The molecule has 0 saturated carbocycles. The number of hydrogen-bond donors (Lipinski definition) is 1. The van der Waals surface area contributed by atoms with Crippen LogP contribution in [0.4, 0.5) is 5.69 Å². The number of amides is 1. The van der Waals surface area contributed by atoms with Gasteiger partial charge in [-0.3, -0.25) is 19.7 Å². The highest BCUT2D eigenvalue weighted by Gasteiger charge is 2.59. The van der Waals surface area contributed by atoms with Crippen LogP contribution in [0.2, 0.25) is 13.1 Å². The number of nitrogens with one attached hydrogen (secondary N) is 1. The number of hydrogen-bond acceptors (Lipinski definition) is 6. The second-order valence-electron chi connectivity index (χ2n) is 9.00. The Hall–Kier alpha value is -2.26. The van der Waals surface area contributed by atoms with Crippen LogP contribution in [0, 0.1) is 27.4 Å². The molecule has 160 valence electrons. The molecule has 1 fully saturated rings. The van der Waals surface area contributed by atoms with E-state index >= 15 is 0 Å². The molecule has 0 unspecified atom stereocenters. The molecular weight excluding hydrogens is 392 g/mol. The molecule has 0 aliphatic carbocycles. The Labute approximate surface area is 172 Å². The summed E-state index contributed by atoms with van der Waals surface area (Å²) in [5.41, 5.74) is -1.12. The maximum Gasteiger partial charge on any atom is 0.316 e. The standard InChI is InChI=1S/C20H30N2O6Si/c1-12(18(24)27-14-10-8-13(9-11-14)22(25)26)16-15(17(23)21-16)20(5,19(2,3)4)28-29(6)7/h8-12,15-16,29H,1-7H3,(H,21,23)/t12-,15-,16-,20-/m1/s1. The van der Waals surface area contributed by atoms with Gasteiger partial charge in [-0.1, -0.05) is 20.8 Å². The third-order valence-electron chi connectivity index (χ3n) is 5.69. The van der Waals surface area contributed by atoms with Crippen LogP contribution in [0.3, 0.4) is 0 Å². The number of nitrogens with zero attached hydrogens (tertiary/aromatic N) is 1. The highest BCUT2D eigenvalue weighted by atomic mass is 28.3. The quantitative estimate of drug-likeness (QED) is 0.181. The molecule has 1 aromatic carbocycles. The van der Waals surface area contributed by atoms with Crippen LogP contribution in [0.1, 0.15) is 34.6 Å². The molecule has 0 aromatic heterocycles. The molecule has 1 aliphatic heterocycles. The summed E-state index contributed by atoms with van der Waals surface area (Å²) in [5.74, 6) is -1.49. The summed E-state index contributed by atoms with van der Waals surface area (Å²) >= 11 is 0. The van der Waals surface area contributed by atoms with E-state index in [9.17, 15) is 19.7 Å². The van der Waals surface area contributed by atoms with E-state index in [-0.39, 0.29) is 22.8 Å².